The third-order valence-electron chi connectivity index (χ3n) is 4.52. The number of Topliss-reactive ketones (excluding diaryl/α,β-unsaturated/α-hetero) is 1. The highest BCUT2D eigenvalue weighted by Gasteiger charge is 2.24. The van der Waals surface area contributed by atoms with Crippen molar-refractivity contribution in [2.24, 2.45) is 0 Å². The molecule has 0 spiro atoms. The maximum Gasteiger partial charge on any atom is 0.191 e. The molecular formula is C22H19N3O2. The number of ether oxygens (including phenoxy) is 1. The first kappa shape index (κ1) is 16.8. The molecule has 0 aliphatic rings. The van der Waals surface area contributed by atoms with Crippen LogP contribution in [0.4, 0.5) is 5.69 Å². The van der Waals surface area contributed by atoms with E-state index in [-0.39, 0.29) is 5.78 Å². The zero-order valence-corrected chi connectivity index (χ0v) is 14.8. The van der Waals surface area contributed by atoms with Crippen LogP contribution < -0.4 is 10.1 Å². The fourth-order valence-electron chi connectivity index (χ4n) is 3.16. The average molecular weight is 357 g/mol. The number of rotatable bonds is 6. The minimum atomic E-state index is -0.565. The Morgan fingerprint density at radius 2 is 2.00 bits per heavy atom. The molecule has 27 heavy (non-hydrogen) atoms. The lowest BCUT2D eigenvalue weighted by Crippen LogP contribution is -2.21. The van der Waals surface area contributed by atoms with Crippen LogP contribution in [0.2, 0.25) is 0 Å². The van der Waals surface area contributed by atoms with Crippen LogP contribution in [-0.4, -0.2) is 22.9 Å². The van der Waals surface area contributed by atoms with E-state index in [1.165, 1.54) is 0 Å². The predicted molar refractivity (Wildman–Crippen MR) is 106 cm³/mol. The zero-order chi connectivity index (χ0) is 18.6. The lowest BCUT2D eigenvalue weighted by molar-refractivity contribution is 0.0971. The molecule has 0 saturated heterocycles. The molecule has 5 heteroatoms. The van der Waals surface area contributed by atoms with Gasteiger partial charge in [0.25, 0.3) is 0 Å². The Balaban J connectivity index is 1.74. The van der Waals surface area contributed by atoms with E-state index in [2.05, 4.69) is 15.3 Å². The second-order valence-electron chi connectivity index (χ2n) is 6.21. The van der Waals surface area contributed by atoms with Gasteiger partial charge >= 0.3 is 0 Å². The normalized spacial score (nSPS) is 11.9. The average Bonchev–Trinajstić information content (AvgIpc) is 3.16. The standard InChI is InChI=1S/C22H19N3O2/c1-27-17-8-4-7-16(12-17)25-21(15-6-5-11-23-13-15)22(26)19-14-24-20-10-3-2-9-18(19)20/h2-14,21,24-25H,1H3. The summed E-state index contributed by atoms with van der Waals surface area (Å²) in [5.74, 6) is 0.702. The van der Waals surface area contributed by atoms with Gasteiger partial charge in [-0.2, -0.15) is 0 Å². The summed E-state index contributed by atoms with van der Waals surface area (Å²) in [6, 6.07) is 18.5. The Kier molecular flexibility index (Phi) is 4.58. The highest BCUT2D eigenvalue weighted by molar-refractivity contribution is 6.11. The number of aromatic nitrogens is 2. The van der Waals surface area contributed by atoms with Gasteiger partial charge in [0.2, 0.25) is 0 Å². The molecule has 1 atom stereocenters. The van der Waals surface area contributed by atoms with E-state index in [0.717, 1.165) is 27.9 Å². The molecule has 2 heterocycles. The largest absolute Gasteiger partial charge is 0.497 e. The number of hydrogen-bond acceptors (Lipinski definition) is 4. The van der Waals surface area contributed by atoms with Gasteiger partial charge in [-0.25, -0.2) is 0 Å². The highest BCUT2D eigenvalue weighted by atomic mass is 16.5. The molecule has 0 radical (unpaired) electrons. The van der Waals surface area contributed by atoms with Crippen molar-refractivity contribution in [3.8, 4) is 5.75 Å². The van der Waals surface area contributed by atoms with Gasteiger partial charge in [0, 0.05) is 52.4 Å². The number of nitrogens with one attached hydrogen (secondary N) is 2. The Morgan fingerprint density at radius 1 is 1.11 bits per heavy atom. The fraction of sp³-hybridized carbons (Fsp3) is 0.0909. The minimum Gasteiger partial charge on any atom is -0.497 e. The van der Waals surface area contributed by atoms with Gasteiger partial charge in [-0.1, -0.05) is 30.3 Å². The number of methoxy groups -OCH3 is 1. The second kappa shape index (κ2) is 7.33. The molecule has 2 N–H and O–H groups in total. The van der Waals surface area contributed by atoms with Crippen LogP contribution >= 0.6 is 0 Å². The summed E-state index contributed by atoms with van der Waals surface area (Å²) in [5, 5.41) is 4.25. The van der Waals surface area contributed by atoms with E-state index in [9.17, 15) is 4.79 Å². The molecule has 0 saturated carbocycles. The van der Waals surface area contributed by atoms with Crippen molar-refractivity contribution in [3.63, 3.8) is 0 Å². The quantitative estimate of drug-likeness (QED) is 0.495. The molecule has 2 aromatic heterocycles. The summed E-state index contributed by atoms with van der Waals surface area (Å²) in [6.45, 7) is 0. The number of carbonyl (C=O) groups excluding carboxylic acids is 1. The molecule has 0 bridgehead atoms. The van der Waals surface area contributed by atoms with E-state index in [1.807, 2.05) is 60.7 Å². The zero-order valence-electron chi connectivity index (χ0n) is 14.8. The third-order valence-corrected chi connectivity index (χ3v) is 4.52. The molecule has 4 rings (SSSR count). The topological polar surface area (TPSA) is 67.0 Å². The summed E-state index contributed by atoms with van der Waals surface area (Å²) < 4.78 is 5.29. The summed E-state index contributed by atoms with van der Waals surface area (Å²) in [5.41, 5.74) is 3.19. The first-order chi connectivity index (χ1) is 13.3. The predicted octanol–water partition coefficient (Wildman–Crippen LogP) is 4.61. The van der Waals surface area contributed by atoms with Crippen molar-refractivity contribution < 1.29 is 9.53 Å². The number of para-hydroxylation sites is 1. The van der Waals surface area contributed by atoms with Gasteiger partial charge in [-0.3, -0.25) is 9.78 Å². The van der Waals surface area contributed by atoms with E-state index < -0.39 is 6.04 Å². The van der Waals surface area contributed by atoms with Crippen molar-refractivity contribution in [2.75, 3.05) is 12.4 Å². The monoisotopic (exact) mass is 357 g/mol. The number of carbonyl (C=O) groups is 1. The molecule has 0 amide bonds. The van der Waals surface area contributed by atoms with Crippen LogP contribution in [0.1, 0.15) is 22.0 Å². The van der Waals surface area contributed by atoms with Gasteiger partial charge in [0.15, 0.2) is 5.78 Å². The molecular weight excluding hydrogens is 338 g/mol. The van der Waals surface area contributed by atoms with Gasteiger partial charge in [-0.05, 0) is 24.3 Å². The maximum atomic E-state index is 13.4. The smallest absolute Gasteiger partial charge is 0.191 e. The van der Waals surface area contributed by atoms with Crippen molar-refractivity contribution in [1.29, 1.82) is 0 Å². The van der Waals surface area contributed by atoms with Crippen molar-refractivity contribution >= 4 is 22.4 Å². The van der Waals surface area contributed by atoms with Crippen LogP contribution in [0, 0.1) is 0 Å². The number of H-pyrrole nitrogens is 1. The van der Waals surface area contributed by atoms with Crippen molar-refractivity contribution in [2.45, 2.75) is 6.04 Å². The molecule has 0 aliphatic heterocycles. The first-order valence-electron chi connectivity index (χ1n) is 8.67. The SMILES string of the molecule is COc1cccc(NC(C(=O)c2c[nH]c3ccccc23)c2cccnc2)c1. The highest BCUT2D eigenvalue weighted by Crippen LogP contribution is 2.28. The Morgan fingerprint density at radius 3 is 2.81 bits per heavy atom. The first-order valence-corrected chi connectivity index (χ1v) is 8.67. The van der Waals surface area contributed by atoms with E-state index >= 15 is 0 Å². The van der Waals surface area contributed by atoms with Gasteiger partial charge < -0.3 is 15.0 Å². The Hall–Kier alpha value is -3.60. The summed E-state index contributed by atoms with van der Waals surface area (Å²) in [6.07, 6.45) is 5.18. The third kappa shape index (κ3) is 3.40. The minimum absolute atomic E-state index is 0.0248. The van der Waals surface area contributed by atoms with Gasteiger partial charge in [0.05, 0.1) is 7.11 Å². The molecule has 0 fully saturated rings. The number of anilines is 1. The number of ketones is 1. The van der Waals surface area contributed by atoms with Crippen LogP contribution in [0.15, 0.2) is 79.3 Å². The number of hydrogen-bond donors (Lipinski definition) is 2. The maximum absolute atomic E-state index is 13.4. The van der Waals surface area contributed by atoms with Gasteiger partial charge in [0.1, 0.15) is 11.8 Å². The molecule has 1 unspecified atom stereocenters. The lowest BCUT2D eigenvalue weighted by atomic mass is 9.98. The van der Waals surface area contributed by atoms with Crippen LogP contribution in [0.25, 0.3) is 10.9 Å². The van der Waals surface area contributed by atoms with Gasteiger partial charge in [-0.15, -0.1) is 0 Å². The van der Waals surface area contributed by atoms with Crippen LogP contribution in [0.3, 0.4) is 0 Å². The fourth-order valence-corrected chi connectivity index (χ4v) is 3.16. The summed E-state index contributed by atoms with van der Waals surface area (Å²) in [4.78, 5) is 20.8. The van der Waals surface area contributed by atoms with Crippen LogP contribution in [0.5, 0.6) is 5.75 Å². The van der Waals surface area contributed by atoms with E-state index in [1.54, 1.807) is 25.7 Å². The van der Waals surface area contributed by atoms with E-state index in [4.69, 9.17) is 4.74 Å². The van der Waals surface area contributed by atoms with Crippen LogP contribution in [-0.2, 0) is 0 Å². The van der Waals surface area contributed by atoms with E-state index in [0.29, 0.717) is 5.56 Å². The summed E-state index contributed by atoms with van der Waals surface area (Å²) in [7, 11) is 1.62. The summed E-state index contributed by atoms with van der Waals surface area (Å²) >= 11 is 0. The number of aromatic amines is 1. The second-order valence-corrected chi connectivity index (χ2v) is 6.21. The number of pyridine rings is 1. The number of fused-ring (bicyclic) bond motifs is 1. The molecule has 4 aromatic rings. The molecule has 5 nitrogen and oxygen atoms in total. The lowest BCUT2D eigenvalue weighted by Gasteiger charge is -2.19. The Bertz CT molecular complexity index is 1070. The van der Waals surface area contributed by atoms with Crippen molar-refractivity contribution in [1.82, 2.24) is 9.97 Å². The Labute approximate surface area is 157 Å². The number of nitrogens with zero attached hydrogens (tertiary/aromatic N) is 1. The molecule has 134 valence electrons. The number of benzene rings is 2. The molecule has 0 aliphatic carbocycles. The molecule has 2 aromatic carbocycles. The van der Waals surface area contributed by atoms with Crippen molar-refractivity contribution in [3.05, 3.63) is 90.4 Å².